The molecule has 0 saturated carbocycles. The summed E-state index contributed by atoms with van der Waals surface area (Å²) < 4.78 is 0. The Hall–Kier alpha value is -3.21. The van der Waals surface area contributed by atoms with Gasteiger partial charge in [0.15, 0.2) is 0 Å². The number of nitrogens with zero attached hydrogens (tertiary/aromatic N) is 1. The van der Waals surface area contributed by atoms with E-state index in [1.165, 1.54) is 5.56 Å². The number of carbonyl (C=O) groups excluding carboxylic acids is 1. The molecule has 0 aliphatic heterocycles. The molecule has 0 saturated heterocycles. The third kappa shape index (κ3) is 4.25. The standard InChI is InChI=1S/C21H21N3O2/c1-14-6-9-16(10-7-14)13-19(18-5-3-4-12-22-18)24-21(26)17-11-8-15(2)23-20(17)25/h3-12,19H,13H2,1-2H3,(H,23,25)(H,24,26)/t19-/m0/s1. The number of aromatic nitrogens is 2. The fraction of sp³-hybridized carbons (Fsp3) is 0.190. The monoisotopic (exact) mass is 347 g/mol. The Balaban J connectivity index is 1.87. The van der Waals surface area contributed by atoms with Gasteiger partial charge in [-0.05, 0) is 50.1 Å². The molecule has 0 aliphatic carbocycles. The van der Waals surface area contributed by atoms with Crippen LogP contribution in [0.4, 0.5) is 0 Å². The summed E-state index contributed by atoms with van der Waals surface area (Å²) in [7, 11) is 0. The highest BCUT2D eigenvalue weighted by atomic mass is 16.2. The van der Waals surface area contributed by atoms with E-state index in [0.29, 0.717) is 12.1 Å². The number of aryl methyl sites for hydroxylation is 2. The lowest BCUT2D eigenvalue weighted by Gasteiger charge is -2.18. The minimum Gasteiger partial charge on any atom is -0.343 e. The van der Waals surface area contributed by atoms with Gasteiger partial charge in [-0.3, -0.25) is 14.6 Å². The minimum atomic E-state index is -0.408. The van der Waals surface area contributed by atoms with Crippen LogP contribution in [0.1, 0.15) is 38.9 Å². The number of rotatable bonds is 5. The van der Waals surface area contributed by atoms with Crippen molar-refractivity contribution in [3.8, 4) is 0 Å². The first-order valence-corrected chi connectivity index (χ1v) is 8.50. The zero-order chi connectivity index (χ0) is 18.5. The first-order valence-electron chi connectivity index (χ1n) is 8.50. The molecule has 1 atom stereocenters. The Labute approximate surface area is 152 Å². The average Bonchev–Trinajstić information content (AvgIpc) is 2.63. The van der Waals surface area contributed by atoms with Crippen LogP contribution < -0.4 is 10.9 Å². The summed E-state index contributed by atoms with van der Waals surface area (Å²) in [5, 5.41) is 2.95. The van der Waals surface area contributed by atoms with Crippen molar-refractivity contribution in [2.45, 2.75) is 26.3 Å². The molecule has 0 bridgehead atoms. The van der Waals surface area contributed by atoms with E-state index in [9.17, 15) is 9.59 Å². The summed E-state index contributed by atoms with van der Waals surface area (Å²) in [5.41, 5.74) is 3.44. The molecule has 1 amide bonds. The molecule has 26 heavy (non-hydrogen) atoms. The van der Waals surface area contributed by atoms with Gasteiger partial charge in [0, 0.05) is 11.9 Å². The second-order valence-electron chi connectivity index (χ2n) is 6.35. The maximum atomic E-state index is 12.6. The molecule has 0 fully saturated rings. The Morgan fingerprint density at radius 1 is 1.08 bits per heavy atom. The van der Waals surface area contributed by atoms with Crippen LogP contribution in [0.2, 0.25) is 0 Å². The molecule has 0 radical (unpaired) electrons. The van der Waals surface area contributed by atoms with Gasteiger partial charge in [-0.1, -0.05) is 35.9 Å². The maximum absolute atomic E-state index is 12.6. The summed E-state index contributed by atoms with van der Waals surface area (Å²) in [6.07, 6.45) is 2.29. The fourth-order valence-corrected chi connectivity index (χ4v) is 2.76. The van der Waals surface area contributed by atoms with Crippen molar-refractivity contribution < 1.29 is 4.79 Å². The largest absolute Gasteiger partial charge is 0.343 e. The number of pyridine rings is 2. The summed E-state index contributed by atoms with van der Waals surface area (Å²) in [6.45, 7) is 3.81. The van der Waals surface area contributed by atoms with Gasteiger partial charge in [-0.2, -0.15) is 0 Å². The zero-order valence-corrected chi connectivity index (χ0v) is 14.8. The predicted octanol–water partition coefficient (Wildman–Crippen LogP) is 3.10. The number of hydrogen-bond donors (Lipinski definition) is 2. The van der Waals surface area contributed by atoms with Crippen LogP contribution in [0.3, 0.4) is 0 Å². The molecule has 132 valence electrons. The highest BCUT2D eigenvalue weighted by molar-refractivity contribution is 5.94. The first kappa shape index (κ1) is 17.6. The number of H-pyrrole nitrogens is 1. The maximum Gasteiger partial charge on any atom is 0.260 e. The van der Waals surface area contributed by atoms with E-state index >= 15 is 0 Å². The molecule has 1 aromatic carbocycles. The van der Waals surface area contributed by atoms with Crippen molar-refractivity contribution in [3.05, 3.63) is 99.2 Å². The molecule has 5 heteroatoms. The predicted molar refractivity (Wildman–Crippen MR) is 101 cm³/mol. The van der Waals surface area contributed by atoms with Crippen molar-refractivity contribution in [2.24, 2.45) is 0 Å². The zero-order valence-electron chi connectivity index (χ0n) is 14.8. The van der Waals surface area contributed by atoms with Crippen molar-refractivity contribution in [1.29, 1.82) is 0 Å². The molecule has 3 rings (SSSR count). The van der Waals surface area contributed by atoms with E-state index in [0.717, 1.165) is 11.3 Å². The van der Waals surface area contributed by atoms with Crippen LogP contribution in [0.15, 0.2) is 65.6 Å². The topological polar surface area (TPSA) is 74.8 Å². The van der Waals surface area contributed by atoms with E-state index in [1.54, 1.807) is 25.3 Å². The van der Waals surface area contributed by atoms with Gasteiger partial charge in [0.1, 0.15) is 5.56 Å². The number of carbonyl (C=O) groups is 1. The second-order valence-corrected chi connectivity index (χ2v) is 6.35. The average molecular weight is 347 g/mol. The quantitative estimate of drug-likeness (QED) is 0.745. The first-order chi connectivity index (χ1) is 12.5. The van der Waals surface area contributed by atoms with Gasteiger partial charge in [0.25, 0.3) is 11.5 Å². The van der Waals surface area contributed by atoms with E-state index in [4.69, 9.17) is 0 Å². The highest BCUT2D eigenvalue weighted by Gasteiger charge is 2.19. The van der Waals surface area contributed by atoms with Crippen molar-refractivity contribution in [1.82, 2.24) is 15.3 Å². The Morgan fingerprint density at radius 2 is 1.85 bits per heavy atom. The molecule has 0 spiro atoms. The third-order valence-electron chi connectivity index (χ3n) is 4.21. The second kappa shape index (κ2) is 7.78. The molecule has 2 aromatic heterocycles. The lowest BCUT2D eigenvalue weighted by Crippen LogP contribution is -2.34. The van der Waals surface area contributed by atoms with E-state index in [-0.39, 0.29) is 11.6 Å². The highest BCUT2D eigenvalue weighted by Crippen LogP contribution is 2.17. The van der Waals surface area contributed by atoms with Crippen LogP contribution in [0.25, 0.3) is 0 Å². The van der Waals surface area contributed by atoms with Crippen molar-refractivity contribution >= 4 is 5.91 Å². The molecule has 0 unspecified atom stereocenters. The van der Waals surface area contributed by atoms with Crippen LogP contribution in [-0.2, 0) is 6.42 Å². The SMILES string of the molecule is Cc1ccc(C[C@H](NC(=O)c2ccc(C)[nH]c2=O)c2ccccn2)cc1. The molecule has 5 nitrogen and oxygen atoms in total. The van der Waals surface area contributed by atoms with Crippen molar-refractivity contribution in [2.75, 3.05) is 0 Å². The Morgan fingerprint density at radius 3 is 2.50 bits per heavy atom. The van der Waals surface area contributed by atoms with Crippen molar-refractivity contribution in [3.63, 3.8) is 0 Å². The van der Waals surface area contributed by atoms with Crippen LogP contribution in [0, 0.1) is 13.8 Å². The molecule has 3 aromatic rings. The lowest BCUT2D eigenvalue weighted by atomic mass is 10.0. The number of benzene rings is 1. The number of aromatic amines is 1. The number of nitrogens with one attached hydrogen (secondary N) is 2. The summed E-state index contributed by atoms with van der Waals surface area (Å²) in [6, 6.07) is 16.7. The smallest absolute Gasteiger partial charge is 0.260 e. The molecule has 0 aliphatic rings. The van der Waals surface area contributed by atoms with E-state index < -0.39 is 11.5 Å². The van der Waals surface area contributed by atoms with Gasteiger partial charge in [0.2, 0.25) is 0 Å². The van der Waals surface area contributed by atoms with Crippen LogP contribution in [0.5, 0.6) is 0 Å². The Kier molecular flexibility index (Phi) is 5.27. The normalized spacial score (nSPS) is 11.8. The van der Waals surface area contributed by atoms with Gasteiger partial charge >= 0.3 is 0 Å². The summed E-state index contributed by atoms with van der Waals surface area (Å²) in [5.74, 6) is -0.408. The van der Waals surface area contributed by atoms with Gasteiger partial charge in [-0.25, -0.2) is 0 Å². The summed E-state index contributed by atoms with van der Waals surface area (Å²) in [4.78, 5) is 31.7. The van der Waals surface area contributed by atoms with Crippen LogP contribution >= 0.6 is 0 Å². The molecule has 2 N–H and O–H groups in total. The minimum absolute atomic E-state index is 0.0976. The Bertz CT molecular complexity index is 947. The number of hydrogen-bond acceptors (Lipinski definition) is 3. The lowest BCUT2D eigenvalue weighted by molar-refractivity contribution is 0.0934. The molecule has 2 heterocycles. The molecular weight excluding hydrogens is 326 g/mol. The van der Waals surface area contributed by atoms with Gasteiger partial charge in [-0.15, -0.1) is 0 Å². The number of amides is 1. The molecular formula is C21H21N3O2. The fourth-order valence-electron chi connectivity index (χ4n) is 2.76. The van der Waals surface area contributed by atoms with Gasteiger partial charge < -0.3 is 10.3 Å². The van der Waals surface area contributed by atoms with E-state index in [1.807, 2.05) is 49.4 Å². The van der Waals surface area contributed by atoms with E-state index in [2.05, 4.69) is 15.3 Å². The third-order valence-corrected chi connectivity index (χ3v) is 4.21. The van der Waals surface area contributed by atoms with Gasteiger partial charge in [0.05, 0.1) is 11.7 Å². The summed E-state index contributed by atoms with van der Waals surface area (Å²) >= 11 is 0. The van der Waals surface area contributed by atoms with Crippen LogP contribution in [-0.4, -0.2) is 15.9 Å².